The van der Waals surface area contributed by atoms with E-state index in [0.29, 0.717) is 20.6 Å². The summed E-state index contributed by atoms with van der Waals surface area (Å²) in [7, 11) is 1.42. The predicted molar refractivity (Wildman–Crippen MR) is 83.5 cm³/mol. The summed E-state index contributed by atoms with van der Waals surface area (Å²) in [5, 5.41) is 13.1. The first-order valence-corrected chi connectivity index (χ1v) is 7.04. The summed E-state index contributed by atoms with van der Waals surface area (Å²) in [6.45, 7) is -0.495. The zero-order valence-electron chi connectivity index (χ0n) is 11.3. The van der Waals surface area contributed by atoms with Gasteiger partial charge in [-0.05, 0) is 46.4 Å². The van der Waals surface area contributed by atoms with Gasteiger partial charge >= 0.3 is 12.0 Å². The van der Waals surface area contributed by atoms with Crippen LogP contribution in [0.15, 0.2) is 17.8 Å². The highest BCUT2D eigenvalue weighted by Gasteiger charge is 2.23. The van der Waals surface area contributed by atoms with Crippen LogP contribution in [0.4, 0.5) is 4.79 Å². The third-order valence-electron chi connectivity index (χ3n) is 2.62. The van der Waals surface area contributed by atoms with Gasteiger partial charge < -0.3 is 19.9 Å². The van der Waals surface area contributed by atoms with E-state index in [1.54, 1.807) is 12.1 Å². The maximum atomic E-state index is 11.5. The van der Waals surface area contributed by atoms with E-state index in [1.807, 2.05) is 22.6 Å². The number of rotatable bonds is 5. The van der Waals surface area contributed by atoms with E-state index < -0.39 is 24.5 Å². The second-order valence-corrected chi connectivity index (χ2v) is 5.34. The Morgan fingerprint density at radius 1 is 1.36 bits per heavy atom. The summed E-state index contributed by atoms with van der Waals surface area (Å²) in [5.74, 6) is -1.00. The number of amides is 3. The number of imide groups is 1. The molecular weight excluding hydrogens is 407 g/mol. The van der Waals surface area contributed by atoms with Crippen molar-refractivity contribution in [2.24, 2.45) is 0 Å². The highest BCUT2D eigenvalue weighted by atomic mass is 127. The molecule has 116 valence electrons. The Bertz CT molecular complexity index is 685. The van der Waals surface area contributed by atoms with E-state index in [4.69, 9.17) is 14.6 Å². The van der Waals surface area contributed by atoms with Gasteiger partial charge in [0, 0.05) is 0 Å². The lowest BCUT2D eigenvalue weighted by Gasteiger charge is -2.12. The molecule has 0 spiro atoms. The molecule has 1 aromatic carbocycles. The van der Waals surface area contributed by atoms with Crippen LogP contribution in [0.2, 0.25) is 0 Å². The smallest absolute Gasteiger partial charge is 0.341 e. The van der Waals surface area contributed by atoms with Crippen molar-refractivity contribution in [1.29, 1.82) is 0 Å². The van der Waals surface area contributed by atoms with Crippen LogP contribution in [-0.4, -0.2) is 36.7 Å². The number of ether oxygens (including phenoxy) is 2. The molecular formula is C13H11IN2O6. The lowest BCUT2D eigenvalue weighted by Crippen LogP contribution is -2.22. The third-order valence-corrected chi connectivity index (χ3v) is 3.42. The van der Waals surface area contributed by atoms with E-state index in [0.717, 1.165) is 0 Å². The summed E-state index contributed by atoms with van der Waals surface area (Å²) in [4.78, 5) is 33.1. The molecule has 1 heterocycles. The lowest BCUT2D eigenvalue weighted by atomic mass is 10.1. The monoisotopic (exact) mass is 418 g/mol. The van der Waals surface area contributed by atoms with Crippen LogP contribution in [0.25, 0.3) is 6.08 Å². The maximum Gasteiger partial charge on any atom is 0.341 e. The van der Waals surface area contributed by atoms with Crippen LogP contribution in [-0.2, 0) is 9.59 Å². The second kappa shape index (κ2) is 6.64. The van der Waals surface area contributed by atoms with Crippen molar-refractivity contribution in [3.8, 4) is 11.5 Å². The average molecular weight is 418 g/mol. The number of hydrogen-bond acceptors (Lipinski definition) is 5. The fourth-order valence-electron chi connectivity index (χ4n) is 1.75. The van der Waals surface area contributed by atoms with Crippen molar-refractivity contribution in [3.63, 3.8) is 0 Å². The fraction of sp³-hybridized carbons (Fsp3) is 0.154. The van der Waals surface area contributed by atoms with Crippen LogP contribution >= 0.6 is 22.6 Å². The Hall–Kier alpha value is -2.30. The van der Waals surface area contributed by atoms with Crippen LogP contribution in [0.3, 0.4) is 0 Å². The molecule has 9 heteroatoms. The van der Waals surface area contributed by atoms with Gasteiger partial charge in [-0.3, -0.25) is 10.1 Å². The summed E-state index contributed by atoms with van der Waals surface area (Å²) < 4.78 is 11.0. The highest BCUT2D eigenvalue weighted by Crippen LogP contribution is 2.34. The minimum Gasteiger partial charge on any atom is -0.493 e. The van der Waals surface area contributed by atoms with Crippen molar-refractivity contribution in [2.45, 2.75) is 0 Å². The Labute approximate surface area is 138 Å². The van der Waals surface area contributed by atoms with E-state index >= 15 is 0 Å². The molecule has 3 N–H and O–H groups in total. The lowest BCUT2D eigenvalue weighted by molar-refractivity contribution is -0.139. The molecule has 0 atom stereocenters. The normalized spacial score (nSPS) is 15.5. The van der Waals surface area contributed by atoms with Gasteiger partial charge in [-0.1, -0.05) is 0 Å². The zero-order valence-corrected chi connectivity index (χ0v) is 13.5. The molecule has 1 saturated heterocycles. The van der Waals surface area contributed by atoms with E-state index in [9.17, 15) is 14.4 Å². The number of carboxylic acids is 1. The van der Waals surface area contributed by atoms with Gasteiger partial charge in [0.2, 0.25) is 0 Å². The molecule has 22 heavy (non-hydrogen) atoms. The number of benzene rings is 1. The Kier molecular flexibility index (Phi) is 4.85. The third kappa shape index (κ3) is 3.67. The molecule has 0 bridgehead atoms. The minimum atomic E-state index is -1.10. The van der Waals surface area contributed by atoms with Gasteiger partial charge in [0.25, 0.3) is 5.91 Å². The number of nitrogens with one attached hydrogen (secondary N) is 2. The van der Waals surface area contributed by atoms with Gasteiger partial charge in [0.1, 0.15) is 5.70 Å². The van der Waals surface area contributed by atoms with Crippen LogP contribution in [0.1, 0.15) is 5.56 Å². The summed E-state index contributed by atoms with van der Waals surface area (Å²) in [5.41, 5.74) is 0.707. The molecule has 3 amide bonds. The Balaban J connectivity index is 2.33. The maximum absolute atomic E-state index is 11.5. The van der Waals surface area contributed by atoms with Crippen LogP contribution in [0.5, 0.6) is 11.5 Å². The molecule has 0 aromatic heterocycles. The summed E-state index contributed by atoms with van der Waals surface area (Å²) >= 11 is 1.96. The average Bonchev–Trinajstić information content (AvgIpc) is 2.74. The van der Waals surface area contributed by atoms with E-state index in [2.05, 4.69) is 10.6 Å². The number of carbonyl (C=O) groups excluding carboxylic acids is 2. The van der Waals surface area contributed by atoms with Crippen molar-refractivity contribution in [2.75, 3.05) is 13.7 Å². The number of aliphatic carboxylic acids is 1. The topological polar surface area (TPSA) is 114 Å². The molecule has 0 saturated carbocycles. The summed E-state index contributed by atoms with van der Waals surface area (Å²) in [6.07, 6.45) is 1.48. The molecule has 1 fully saturated rings. The minimum absolute atomic E-state index is 0.113. The number of methoxy groups -OCH3 is 1. The molecule has 1 aliphatic heterocycles. The van der Waals surface area contributed by atoms with Crippen LogP contribution < -0.4 is 20.1 Å². The number of carboxylic acid groups (broad SMARTS) is 1. The van der Waals surface area contributed by atoms with Crippen molar-refractivity contribution >= 4 is 46.6 Å². The van der Waals surface area contributed by atoms with Gasteiger partial charge in [-0.15, -0.1) is 0 Å². The zero-order chi connectivity index (χ0) is 16.3. The highest BCUT2D eigenvalue weighted by molar-refractivity contribution is 14.1. The SMILES string of the molecule is COc1cc(/C=C2/NC(=O)NC2=O)cc(I)c1OCC(=O)O. The molecule has 0 aliphatic carbocycles. The van der Waals surface area contributed by atoms with E-state index in [1.165, 1.54) is 13.2 Å². The van der Waals surface area contributed by atoms with Gasteiger partial charge in [0.15, 0.2) is 18.1 Å². The molecule has 2 rings (SSSR count). The summed E-state index contributed by atoms with van der Waals surface area (Å²) in [6, 6.07) is 2.66. The second-order valence-electron chi connectivity index (χ2n) is 4.18. The molecule has 0 radical (unpaired) electrons. The first-order chi connectivity index (χ1) is 10.4. The predicted octanol–water partition coefficient (Wildman–Crippen LogP) is 0.943. The van der Waals surface area contributed by atoms with Crippen LogP contribution in [0, 0.1) is 3.57 Å². The number of urea groups is 1. The van der Waals surface area contributed by atoms with E-state index in [-0.39, 0.29) is 5.70 Å². The quantitative estimate of drug-likeness (QED) is 0.373. The van der Waals surface area contributed by atoms with Crippen molar-refractivity contribution in [3.05, 3.63) is 27.0 Å². The molecule has 0 unspecified atom stereocenters. The number of hydrogen-bond donors (Lipinski definition) is 3. The fourth-order valence-corrected chi connectivity index (χ4v) is 2.53. The molecule has 1 aromatic rings. The molecule has 8 nitrogen and oxygen atoms in total. The Morgan fingerprint density at radius 3 is 2.64 bits per heavy atom. The van der Waals surface area contributed by atoms with Gasteiger partial charge in [-0.25, -0.2) is 9.59 Å². The van der Waals surface area contributed by atoms with Gasteiger partial charge in [0.05, 0.1) is 10.7 Å². The first-order valence-electron chi connectivity index (χ1n) is 5.97. The molecule has 1 aliphatic rings. The van der Waals surface area contributed by atoms with Crippen molar-refractivity contribution in [1.82, 2.24) is 10.6 Å². The number of carbonyl (C=O) groups is 3. The van der Waals surface area contributed by atoms with Gasteiger partial charge in [-0.2, -0.15) is 0 Å². The number of halogens is 1. The van der Waals surface area contributed by atoms with Crippen molar-refractivity contribution < 1.29 is 29.0 Å². The first kappa shape index (κ1) is 16.1. The standard InChI is InChI=1S/C13H11IN2O6/c1-21-9-4-6(3-8-12(19)16-13(20)15-8)2-7(14)11(9)22-5-10(17)18/h2-4H,5H2,1H3,(H,17,18)(H2,15,16,19,20)/b8-3+. The largest absolute Gasteiger partial charge is 0.493 e. The Morgan fingerprint density at radius 2 is 2.09 bits per heavy atom.